The third kappa shape index (κ3) is 37.1. The van der Waals surface area contributed by atoms with Gasteiger partial charge in [-0.2, -0.15) is 0 Å². The van der Waals surface area contributed by atoms with Crippen molar-refractivity contribution in [1.82, 2.24) is 5.32 Å². The molecule has 0 fully saturated rings. The number of rotatable bonds is 41. The van der Waals surface area contributed by atoms with Crippen LogP contribution in [0, 0.1) is 0 Å². The van der Waals surface area contributed by atoms with Gasteiger partial charge in [-0.3, -0.25) is 9.59 Å². The van der Waals surface area contributed by atoms with E-state index in [9.17, 15) is 19.8 Å². The maximum Gasteiger partial charge on any atom is 0.306 e. The first-order valence-corrected chi connectivity index (χ1v) is 23.1. The fourth-order valence-electron chi connectivity index (χ4n) is 6.95. The Hall–Kier alpha value is -1.66. The molecule has 0 saturated heterocycles. The highest BCUT2D eigenvalue weighted by molar-refractivity contribution is 5.77. The molecule has 0 bridgehead atoms. The maximum absolute atomic E-state index is 13.1. The van der Waals surface area contributed by atoms with Crippen LogP contribution in [0.4, 0.5) is 0 Å². The Morgan fingerprint density at radius 1 is 0.528 bits per heavy atom. The van der Waals surface area contributed by atoms with Crippen molar-refractivity contribution in [1.29, 1.82) is 0 Å². The van der Waals surface area contributed by atoms with Crippen molar-refractivity contribution in [3.05, 3.63) is 24.3 Å². The number of aliphatic hydroxyl groups excluding tert-OH is 2. The molecule has 0 saturated carbocycles. The number of aliphatic hydroxyl groups is 2. The van der Waals surface area contributed by atoms with Crippen molar-refractivity contribution in [3.8, 4) is 0 Å². The molecule has 3 N–H and O–H groups in total. The molecular weight excluding hydrogens is 659 g/mol. The minimum atomic E-state index is -0.788. The van der Waals surface area contributed by atoms with E-state index in [1.165, 1.54) is 116 Å². The zero-order valence-electron chi connectivity index (χ0n) is 35.4. The lowest BCUT2D eigenvalue weighted by Crippen LogP contribution is -2.46. The Bertz CT molecular complexity index is 843. The van der Waals surface area contributed by atoms with Crippen LogP contribution >= 0.6 is 0 Å². The Morgan fingerprint density at radius 2 is 0.906 bits per heavy atom. The maximum atomic E-state index is 13.1. The van der Waals surface area contributed by atoms with Crippen LogP contribution in [0.3, 0.4) is 0 Å². The van der Waals surface area contributed by atoms with Crippen molar-refractivity contribution in [2.24, 2.45) is 0 Å². The van der Waals surface area contributed by atoms with Gasteiger partial charge in [0, 0.05) is 6.42 Å². The molecule has 0 spiro atoms. The summed E-state index contributed by atoms with van der Waals surface area (Å²) in [6.07, 6.45) is 45.2. The summed E-state index contributed by atoms with van der Waals surface area (Å²) in [7, 11) is 0. The molecule has 53 heavy (non-hydrogen) atoms. The normalized spacial score (nSPS) is 13.5. The SMILES string of the molecule is CCCCC/C=C\CCCCCC(CC(=O)NC(CO)C(O)CCCCCCCCCCCCC)OC(=O)CCCCC/C=C\CCCCCCCC. The van der Waals surface area contributed by atoms with Crippen LogP contribution in [0.1, 0.15) is 239 Å². The van der Waals surface area contributed by atoms with E-state index in [4.69, 9.17) is 4.74 Å². The highest BCUT2D eigenvalue weighted by Crippen LogP contribution is 2.17. The largest absolute Gasteiger partial charge is 0.462 e. The van der Waals surface area contributed by atoms with Crippen LogP contribution in [0.25, 0.3) is 0 Å². The molecule has 312 valence electrons. The van der Waals surface area contributed by atoms with Crippen molar-refractivity contribution in [2.45, 2.75) is 257 Å². The highest BCUT2D eigenvalue weighted by atomic mass is 16.5. The smallest absolute Gasteiger partial charge is 0.306 e. The predicted molar refractivity (Wildman–Crippen MR) is 227 cm³/mol. The summed E-state index contributed by atoms with van der Waals surface area (Å²) >= 11 is 0. The molecule has 0 aliphatic heterocycles. The minimum absolute atomic E-state index is 0.0636. The number of esters is 1. The second-order valence-electron chi connectivity index (χ2n) is 15.8. The molecule has 0 heterocycles. The van der Waals surface area contributed by atoms with Gasteiger partial charge in [-0.05, 0) is 77.0 Å². The lowest BCUT2D eigenvalue weighted by atomic mass is 10.0. The van der Waals surface area contributed by atoms with E-state index in [-0.39, 0.29) is 24.9 Å². The average molecular weight is 748 g/mol. The van der Waals surface area contributed by atoms with Crippen molar-refractivity contribution in [2.75, 3.05) is 6.61 Å². The van der Waals surface area contributed by atoms with Crippen molar-refractivity contribution in [3.63, 3.8) is 0 Å². The third-order valence-electron chi connectivity index (χ3n) is 10.5. The van der Waals surface area contributed by atoms with E-state index in [1.54, 1.807) is 0 Å². The first-order chi connectivity index (χ1) is 26.0. The van der Waals surface area contributed by atoms with E-state index in [0.29, 0.717) is 19.3 Å². The fraction of sp³-hybridized carbons (Fsp3) is 0.872. The summed E-state index contributed by atoms with van der Waals surface area (Å²) in [5, 5.41) is 23.6. The lowest BCUT2D eigenvalue weighted by Gasteiger charge is -2.24. The van der Waals surface area contributed by atoms with Gasteiger partial charge in [-0.15, -0.1) is 0 Å². The summed E-state index contributed by atoms with van der Waals surface area (Å²) in [5.41, 5.74) is 0. The van der Waals surface area contributed by atoms with Gasteiger partial charge >= 0.3 is 5.97 Å². The molecule has 0 aliphatic rings. The zero-order chi connectivity index (χ0) is 38.9. The van der Waals surface area contributed by atoms with E-state index >= 15 is 0 Å². The van der Waals surface area contributed by atoms with Crippen molar-refractivity contribution >= 4 is 11.9 Å². The number of hydrogen-bond acceptors (Lipinski definition) is 5. The predicted octanol–water partition coefficient (Wildman–Crippen LogP) is 13.2. The number of amides is 1. The molecule has 0 aromatic rings. The Balaban J connectivity index is 4.58. The Morgan fingerprint density at radius 3 is 1.40 bits per heavy atom. The van der Waals surface area contributed by atoms with Crippen LogP contribution < -0.4 is 5.32 Å². The van der Waals surface area contributed by atoms with Gasteiger partial charge in [0.25, 0.3) is 0 Å². The van der Waals surface area contributed by atoms with Gasteiger partial charge in [0.15, 0.2) is 0 Å². The lowest BCUT2D eigenvalue weighted by molar-refractivity contribution is -0.151. The summed E-state index contributed by atoms with van der Waals surface area (Å²) in [6, 6.07) is -0.703. The standard InChI is InChI=1S/C47H89NO5/c1-4-7-10-13-16-19-22-23-25-28-31-34-37-40-47(52)53-43(38-35-32-29-26-21-18-15-12-9-6-3)41-46(51)48-44(42-49)45(50)39-36-33-30-27-24-20-17-14-11-8-5-2/h18,21,23,25,43-45,49-50H,4-17,19-20,22,24,26-42H2,1-3H3,(H,48,51)/b21-18-,25-23-. The van der Waals surface area contributed by atoms with E-state index in [1.807, 2.05) is 0 Å². The van der Waals surface area contributed by atoms with Gasteiger partial charge in [-0.1, -0.05) is 173 Å². The number of carbonyl (C=O) groups excluding carboxylic acids is 2. The van der Waals surface area contributed by atoms with E-state index in [2.05, 4.69) is 50.4 Å². The minimum Gasteiger partial charge on any atom is -0.462 e. The Labute approximate surface area is 329 Å². The molecule has 0 aliphatic carbocycles. The zero-order valence-corrected chi connectivity index (χ0v) is 35.4. The van der Waals surface area contributed by atoms with Gasteiger partial charge in [0.2, 0.25) is 5.91 Å². The van der Waals surface area contributed by atoms with Gasteiger partial charge in [0.1, 0.15) is 6.10 Å². The number of unbranched alkanes of at least 4 members (excludes halogenated alkanes) is 25. The van der Waals surface area contributed by atoms with E-state index in [0.717, 1.165) is 77.0 Å². The molecule has 1 amide bonds. The first-order valence-electron chi connectivity index (χ1n) is 23.1. The number of carbonyl (C=O) groups is 2. The monoisotopic (exact) mass is 748 g/mol. The quantitative estimate of drug-likeness (QED) is 0.0329. The second kappa shape index (κ2) is 41.5. The molecule has 6 heteroatoms. The summed E-state index contributed by atoms with van der Waals surface area (Å²) in [5.74, 6) is -0.505. The molecular formula is C47H89NO5. The first kappa shape index (κ1) is 51.3. The van der Waals surface area contributed by atoms with Gasteiger partial charge < -0.3 is 20.3 Å². The molecule has 0 aromatic carbocycles. The van der Waals surface area contributed by atoms with Crippen LogP contribution in [-0.4, -0.2) is 46.9 Å². The molecule has 0 aromatic heterocycles. The summed E-state index contributed by atoms with van der Waals surface area (Å²) in [4.78, 5) is 25.9. The average Bonchev–Trinajstić information content (AvgIpc) is 3.15. The van der Waals surface area contributed by atoms with Crippen LogP contribution in [0.2, 0.25) is 0 Å². The second-order valence-corrected chi connectivity index (χ2v) is 15.8. The van der Waals surface area contributed by atoms with Gasteiger partial charge in [-0.25, -0.2) is 0 Å². The number of allylic oxidation sites excluding steroid dienone is 4. The molecule has 0 rings (SSSR count). The third-order valence-corrected chi connectivity index (χ3v) is 10.5. The topological polar surface area (TPSA) is 95.9 Å². The van der Waals surface area contributed by atoms with Gasteiger partial charge in [0.05, 0.1) is 25.2 Å². The summed E-state index contributed by atoms with van der Waals surface area (Å²) in [6.45, 7) is 6.42. The molecule has 3 unspecified atom stereocenters. The fourth-order valence-corrected chi connectivity index (χ4v) is 6.95. The highest BCUT2D eigenvalue weighted by Gasteiger charge is 2.24. The number of nitrogens with one attached hydrogen (secondary N) is 1. The summed E-state index contributed by atoms with van der Waals surface area (Å²) < 4.78 is 5.88. The number of ether oxygens (including phenoxy) is 1. The Kier molecular flexibility index (Phi) is 40.2. The van der Waals surface area contributed by atoms with Crippen molar-refractivity contribution < 1.29 is 24.5 Å². The van der Waals surface area contributed by atoms with Crippen LogP contribution in [0.15, 0.2) is 24.3 Å². The van der Waals surface area contributed by atoms with Crippen LogP contribution in [0.5, 0.6) is 0 Å². The molecule has 6 nitrogen and oxygen atoms in total. The number of hydrogen-bond donors (Lipinski definition) is 3. The van der Waals surface area contributed by atoms with E-state index < -0.39 is 18.2 Å². The molecule has 0 radical (unpaired) electrons. The molecule has 3 atom stereocenters. The van der Waals surface area contributed by atoms with Crippen LogP contribution in [-0.2, 0) is 14.3 Å².